The Morgan fingerprint density at radius 1 is 1.25 bits per heavy atom. The summed E-state index contributed by atoms with van der Waals surface area (Å²) in [6.45, 7) is 9.18. The van der Waals surface area contributed by atoms with Crippen molar-refractivity contribution in [2.45, 2.75) is 26.7 Å². The van der Waals surface area contributed by atoms with Gasteiger partial charge in [0.05, 0.1) is 13.2 Å². The van der Waals surface area contributed by atoms with Gasteiger partial charge in [0.15, 0.2) is 6.61 Å². The summed E-state index contributed by atoms with van der Waals surface area (Å²) in [5.74, 6) is 0.761. The lowest BCUT2D eigenvalue weighted by Gasteiger charge is -2.29. The van der Waals surface area contributed by atoms with Gasteiger partial charge in [-0.2, -0.15) is 0 Å². The lowest BCUT2D eigenvalue weighted by atomic mass is 10.0. The second-order valence-corrected chi connectivity index (χ2v) is 7.69. The quantitative estimate of drug-likeness (QED) is 0.765. The fourth-order valence-electron chi connectivity index (χ4n) is 3.19. The van der Waals surface area contributed by atoms with Crippen LogP contribution in [0.5, 0.6) is 5.75 Å². The van der Waals surface area contributed by atoms with Crippen LogP contribution in [0.1, 0.15) is 30.9 Å². The van der Waals surface area contributed by atoms with Crippen LogP contribution in [0.15, 0.2) is 36.4 Å². The molecule has 1 aliphatic rings. The lowest BCUT2D eigenvalue weighted by Crippen LogP contribution is -2.36. The number of hydrogen-bond acceptors (Lipinski definition) is 4. The minimum Gasteiger partial charge on any atom is -0.483 e. The van der Waals surface area contributed by atoms with E-state index in [1.165, 1.54) is 0 Å². The van der Waals surface area contributed by atoms with Crippen molar-refractivity contribution in [2.24, 2.45) is 0 Å². The highest BCUT2D eigenvalue weighted by atomic mass is 35.5. The highest BCUT2D eigenvalue weighted by Crippen LogP contribution is 2.32. The molecule has 28 heavy (non-hydrogen) atoms. The zero-order chi connectivity index (χ0) is 20.1. The van der Waals surface area contributed by atoms with Gasteiger partial charge >= 0.3 is 0 Å². The molecule has 3 rings (SSSR count). The van der Waals surface area contributed by atoms with E-state index in [0.717, 1.165) is 48.8 Å². The number of morpholine rings is 1. The molecule has 0 saturated carbocycles. The fraction of sp³-hybridized carbons (Fsp3) is 0.409. The van der Waals surface area contributed by atoms with Crippen LogP contribution in [0, 0.1) is 6.92 Å². The summed E-state index contributed by atoms with van der Waals surface area (Å²) >= 11 is 6.23. The molecule has 1 fully saturated rings. The Morgan fingerprint density at radius 2 is 2.00 bits per heavy atom. The maximum atomic E-state index is 12.4. The number of rotatable bonds is 6. The second kappa shape index (κ2) is 9.30. The van der Waals surface area contributed by atoms with Crippen LogP contribution in [0.2, 0.25) is 5.02 Å². The number of amides is 1. The van der Waals surface area contributed by atoms with E-state index in [2.05, 4.69) is 24.1 Å². The van der Waals surface area contributed by atoms with E-state index < -0.39 is 0 Å². The lowest BCUT2D eigenvalue weighted by molar-refractivity contribution is -0.118. The van der Waals surface area contributed by atoms with Crippen molar-refractivity contribution in [1.82, 2.24) is 0 Å². The molecule has 1 heterocycles. The van der Waals surface area contributed by atoms with Gasteiger partial charge in [0, 0.05) is 29.5 Å². The predicted octanol–water partition coefficient (Wildman–Crippen LogP) is 4.63. The molecule has 2 aromatic rings. The Kier molecular flexibility index (Phi) is 6.81. The monoisotopic (exact) mass is 402 g/mol. The molecule has 1 saturated heterocycles. The molecular formula is C22H27ClN2O3. The van der Waals surface area contributed by atoms with E-state index in [-0.39, 0.29) is 18.4 Å². The van der Waals surface area contributed by atoms with Crippen molar-refractivity contribution in [2.75, 3.05) is 43.1 Å². The SMILES string of the molecule is Cc1cc(OCC(=O)Nc2cccc(N3CCOCC3)c2)c(C(C)C)cc1Cl. The molecule has 6 heteroatoms. The van der Waals surface area contributed by atoms with Gasteiger partial charge in [0.1, 0.15) is 5.75 Å². The van der Waals surface area contributed by atoms with Gasteiger partial charge < -0.3 is 19.7 Å². The summed E-state index contributed by atoms with van der Waals surface area (Å²) in [5, 5.41) is 3.63. The number of carbonyl (C=O) groups excluding carboxylic acids is 1. The number of carbonyl (C=O) groups is 1. The van der Waals surface area contributed by atoms with Gasteiger partial charge in [0.25, 0.3) is 5.91 Å². The zero-order valence-corrected chi connectivity index (χ0v) is 17.4. The molecule has 5 nitrogen and oxygen atoms in total. The average molecular weight is 403 g/mol. The molecule has 0 aromatic heterocycles. The first-order valence-corrected chi connectivity index (χ1v) is 9.97. The van der Waals surface area contributed by atoms with Crippen LogP contribution < -0.4 is 15.0 Å². The van der Waals surface area contributed by atoms with Gasteiger partial charge in [0.2, 0.25) is 0 Å². The molecule has 0 aliphatic carbocycles. The van der Waals surface area contributed by atoms with Crippen molar-refractivity contribution in [3.05, 3.63) is 52.5 Å². The topological polar surface area (TPSA) is 50.8 Å². The maximum absolute atomic E-state index is 12.4. The summed E-state index contributed by atoms with van der Waals surface area (Å²) in [4.78, 5) is 14.7. The fourth-order valence-corrected chi connectivity index (χ4v) is 3.36. The molecule has 1 amide bonds. The molecule has 0 spiro atoms. The maximum Gasteiger partial charge on any atom is 0.262 e. The smallest absolute Gasteiger partial charge is 0.262 e. The van der Waals surface area contributed by atoms with Crippen molar-refractivity contribution in [3.63, 3.8) is 0 Å². The molecule has 1 N–H and O–H groups in total. The van der Waals surface area contributed by atoms with Crippen molar-refractivity contribution in [3.8, 4) is 5.75 Å². The van der Waals surface area contributed by atoms with Crippen LogP contribution in [-0.4, -0.2) is 38.8 Å². The van der Waals surface area contributed by atoms with Gasteiger partial charge in [-0.3, -0.25) is 4.79 Å². The largest absolute Gasteiger partial charge is 0.483 e. The van der Waals surface area contributed by atoms with Gasteiger partial charge in [-0.15, -0.1) is 0 Å². The molecule has 0 radical (unpaired) electrons. The van der Waals surface area contributed by atoms with Crippen LogP contribution in [0.3, 0.4) is 0 Å². The Balaban J connectivity index is 1.63. The van der Waals surface area contributed by atoms with E-state index in [1.54, 1.807) is 0 Å². The van der Waals surface area contributed by atoms with Gasteiger partial charge in [-0.25, -0.2) is 0 Å². The molecule has 0 unspecified atom stereocenters. The molecule has 0 atom stereocenters. The van der Waals surface area contributed by atoms with Crippen LogP contribution in [0.4, 0.5) is 11.4 Å². The number of hydrogen-bond donors (Lipinski definition) is 1. The van der Waals surface area contributed by atoms with E-state index in [0.29, 0.717) is 10.8 Å². The zero-order valence-electron chi connectivity index (χ0n) is 16.6. The number of anilines is 2. The van der Waals surface area contributed by atoms with E-state index in [4.69, 9.17) is 21.1 Å². The molecule has 2 aromatic carbocycles. The minimum atomic E-state index is -0.193. The summed E-state index contributed by atoms with van der Waals surface area (Å²) in [6, 6.07) is 11.7. The average Bonchev–Trinajstić information content (AvgIpc) is 2.69. The Labute approximate surface area is 171 Å². The van der Waals surface area contributed by atoms with Crippen molar-refractivity contribution >= 4 is 28.9 Å². The van der Waals surface area contributed by atoms with Crippen LogP contribution in [0.25, 0.3) is 0 Å². The first-order valence-electron chi connectivity index (χ1n) is 9.59. The van der Waals surface area contributed by atoms with Crippen LogP contribution in [-0.2, 0) is 9.53 Å². The normalized spacial score (nSPS) is 14.2. The van der Waals surface area contributed by atoms with Gasteiger partial charge in [-0.05, 0) is 54.3 Å². The predicted molar refractivity (Wildman–Crippen MR) is 114 cm³/mol. The first kappa shape index (κ1) is 20.5. The summed E-state index contributed by atoms with van der Waals surface area (Å²) in [7, 11) is 0. The summed E-state index contributed by atoms with van der Waals surface area (Å²) in [6.07, 6.45) is 0. The summed E-state index contributed by atoms with van der Waals surface area (Å²) < 4.78 is 11.2. The summed E-state index contributed by atoms with van der Waals surface area (Å²) in [5.41, 5.74) is 3.77. The number of benzene rings is 2. The third kappa shape index (κ3) is 5.18. The third-order valence-corrected chi connectivity index (χ3v) is 5.19. The van der Waals surface area contributed by atoms with Crippen LogP contribution >= 0.6 is 11.6 Å². The number of ether oxygens (including phenoxy) is 2. The van der Waals surface area contributed by atoms with E-state index in [9.17, 15) is 4.79 Å². The van der Waals surface area contributed by atoms with Gasteiger partial charge in [-0.1, -0.05) is 31.5 Å². The van der Waals surface area contributed by atoms with E-state index >= 15 is 0 Å². The standard InChI is InChI=1S/C22H27ClN2O3/c1-15(2)19-13-20(23)16(3)11-21(19)28-14-22(26)24-17-5-4-6-18(12-17)25-7-9-27-10-8-25/h4-6,11-13,15H,7-10,14H2,1-3H3,(H,24,26). The van der Waals surface area contributed by atoms with Crippen molar-refractivity contribution in [1.29, 1.82) is 0 Å². The van der Waals surface area contributed by atoms with Crippen molar-refractivity contribution < 1.29 is 14.3 Å². The Bertz CT molecular complexity index is 833. The highest BCUT2D eigenvalue weighted by Gasteiger charge is 2.14. The second-order valence-electron chi connectivity index (χ2n) is 7.28. The highest BCUT2D eigenvalue weighted by molar-refractivity contribution is 6.31. The Morgan fingerprint density at radius 3 is 2.71 bits per heavy atom. The number of nitrogens with zero attached hydrogens (tertiary/aromatic N) is 1. The third-order valence-electron chi connectivity index (χ3n) is 4.78. The minimum absolute atomic E-state index is 0.0530. The van der Waals surface area contributed by atoms with E-state index in [1.807, 2.05) is 43.3 Å². The molecular weight excluding hydrogens is 376 g/mol. The molecule has 150 valence electrons. The first-order chi connectivity index (χ1) is 13.4. The number of halogens is 1. The molecule has 1 aliphatic heterocycles. The number of nitrogens with one attached hydrogen (secondary N) is 1. The Hall–Kier alpha value is -2.24. The molecule has 0 bridgehead atoms. The number of aryl methyl sites for hydroxylation is 1.